The van der Waals surface area contributed by atoms with Gasteiger partial charge in [-0.2, -0.15) is 0 Å². The summed E-state index contributed by atoms with van der Waals surface area (Å²) in [4.78, 5) is 21.2. The largest absolute Gasteiger partial charge is 0.366 e. The summed E-state index contributed by atoms with van der Waals surface area (Å²) in [7, 11) is 0. The van der Waals surface area contributed by atoms with E-state index in [-0.39, 0.29) is 11.1 Å². The molecule has 0 fully saturated rings. The van der Waals surface area contributed by atoms with Gasteiger partial charge in [-0.25, -0.2) is 0 Å². The van der Waals surface area contributed by atoms with Crippen molar-refractivity contribution in [1.82, 2.24) is 0 Å². The van der Waals surface area contributed by atoms with Gasteiger partial charge in [-0.05, 0) is 18.2 Å². The van der Waals surface area contributed by atoms with Gasteiger partial charge in [0, 0.05) is 5.56 Å². The van der Waals surface area contributed by atoms with Crippen molar-refractivity contribution in [3.8, 4) is 5.75 Å². The molecule has 13 heavy (non-hydrogen) atoms. The van der Waals surface area contributed by atoms with Gasteiger partial charge >= 0.3 is 0 Å². The number of hydrogen-bond donors (Lipinski definition) is 2. The van der Waals surface area contributed by atoms with Crippen LogP contribution in [0, 0.1) is 0 Å². The maximum absolute atomic E-state index is 11.1. The first-order chi connectivity index (χ1) is 6.02. The van der Waals surface area contributed by atoms with Crippen LogP contribution >= 0.6 is 0 Å². The van der Waals surface area contributed by atoms with E-state index in [0.717, 1.165) is 6.07 Å². The van der Waals surface area contributed by atoms with Crippen LogP contribution in [0.4, 0.5) is 0 Å². The Morgan fingerprint density at radius 3 is 2.08 bits per heavy atom. The van der Waals surface area contributed by atoms with E-state index >= 15 is 0 Å². The van der Waals surface area contributed by atoms with Crippen LogP contribution in [0.3, 0.4) is 0 Å². The van der Waals surface area contributed by atoms with Gasteiger partial charge in [0.25, 0.3) is 5.91 Å². The van der Waals surface area contributed by atoms with Crippen molar-refractivity contribution in [2.45, 2.75) is 0 Å². The molecule has 0 aliphatic rings. The van der Waals surface area contributed by atoms with E-state index in [1.165, 1.54) is 12.1 Å². The molecule has 0 heterocycles. The molecule has 0 bridgehead atoms. The monoisotopic (exact) mass is 179 g/mol. The molecule has 1 rings (SSSR count). The molecular formula is C8H7N2O3. The lowest BCUT2D eigenvalue weighted by Crippen LogP contribution is -2.13. The molecule has 0 spiro atoms. The first-order valence-electron chi connectivity index (χ1n) is 3.43. The Morgan fingerprint density at radius 2 is 1.69 bits per heavy atom. The number of hydrogen-bond acceptors (Lipinski definition) is 2. The van der Waals surface area contributed by atoms with E-state index in [0.29, 0.717) is 0 Å². The van der Waals surface area contributed by atoms with Crippen molar-refractivity contribution < 1.29 is 14.7 Å². The summed E-state index contributed by atoms with van der Waals surface area (Å²) in [5.74, 6) is -2.13. The third-order valence-electron chi connectivity index (χ3n) is 1.53. The van der Waals surface area contributed by atoms with Crippen LogP contribution < -0.4 is 11.5 Å². The zero-order chi connectivity index (χ0) is 10.0. The Morgan fingerprint density at radius 1 is 1.08 bits per heavy atom. The molecular weight excluding hydrogens is 172 g/mol. The van der Waals surface area contributed by atoms with Crippen LogP contribution in [0.15, 0.2) is 18.2 Å². The number of benzene rings is 1. The molecule has 1 radical (unpaired) electrons. The zero-order valence-corrected chi connectivity index (χ0v) is 6.61. The maximum Gasteiger partial charge on any atom is 0.252 e. The smallest absolute Gasteiger partial charge is 0.252 e. The molecule has 4 N–H and O–H groups in total. The van der Waals surface area contributed by atoms with Crippen molar-refractivity contribution in [3.05, 3.63) is 29.3 Å². The van der Waals surface area contributed by atoms with Crippen LogP contribution in [0.5, 0.6) is 5.75 Å². The summed E-state index contributed by atoms with van der Waals surface area (Å²) in [5.41, 5.74) is 9.72. The number of nitrogens with two attached hydrogens (primary N) is 2. The van der Waals surface area contributed by atoms with Gasteiger partial charge in [-0.1, -0.05) is 0 Å². The summed E-state index contributed by atoms with van der Waals surface area (Å²) in [6, 6.07) is 3.46. The van der Waals surface area contributed by atoms with Gasteiger partial charge in [0.15, 0.2) is 5.75 Å². The molecule has 0 atom stereocenters. The molecule has 0 aromatic heterocycles. The normalized spacial score (nSPS) is 9.54. The average Bonchev–Trinajstić information content (AvgIpc) is 2.03. The van der Waals surface area contributed by atoms with Gasteiger partial charge in [0.1, 0.15) is 0 Å². The molecule has 0 aliphatic carbocycles. The average molecular weight is 179 g/mol. The van der Waals surface area contributed by atoms with Crippen molar-refractivity contribution in [3.63, 3.8) is 0 Å². The van der Waals surface area contributed by atoms with Gasteiger partial charge < -0.3 is 11.5 Å². The highest BCUT2D eigenvalue weighted by Gasteiger charge is 2.11. The third-order valence-corrected chi connectivity index (χ3v) is 1.53. The second-order valence-electron chi connectivity index (χ2n) is 2.44. The van der Waals surface area contributed by atoms with Crippen LogP contribution in [0.1, 0.15) is 20.7 Å². The Balaban J connectivity index is 3.20. The standard InChI is InChI=1S/C8H7N2O3/c9-7(12)4-1-2-5(8(10)13)6(11)3-4/h1-3H,(H2,9,12)(H2,10,13). The fourth-order valence-corrected chi connectivity index (χ4v) is 0.879. The van der Waals surface area contributed by atoms with E-state index in [4.69, 9.17) is 11.5 Å². The highest BCUT2D eigenvalue weighted by molar-refractivity contribution is 5.98. The minimum absolute atomic E-state index is 0.0648. The fourth-order valence-electron chi connectivity index (χ4n) is 0.879. The number of carbonyl (C=O) groups excluding carboxylic acids is 2. The molecule has 5 heteroatoms. The van der Waals surface area contributed by atoms with Crippen molar-refractivity contribution in [2.75, 3.05) is 0 Å². The number of carbonyl (C=O) groups is 2. The highest BCUT2D eigenvalue weighted by atomic mass is 16.3. The highest BCUT2D eigenvalue weighted by Crippen LogP contribution is 2.18. The zero-order valence-electron chi connectivity index (χ0n) is 6.61. The summed E-state index contributed by atoms with van der Waals surface area (Å²) in [6.07, 6.45) is 0. The lowest BCUT2D eigenvalue weighted by Gasteiger charge is -1.98. The first-order valence-corrected chi connectivity index (χ1v) is 3.43. The Kier molecular flexibility index (Phi) is 2.19. The number of amides is 2. The predicted octanol–water partition coefficient (Wildman–Crippen LogP) is 0.0282. The molecule has 2 amide bonds. The van der Waals surface area contributed by atoms with Crippen molar-refractivity contribution in [1.29, 1.82) is 0 Å². The van der Waals surface area contributed by atoms with Crippen molar-refractivity contribution in [2.24, 2.45) is 11.5 Å². The molecule has 1 aromatic rings. The summed E-state index contributed by atoms with van der Waals surface area (Å²) in [5, 5.41) is 11.1. The Hall–Kier alpha value is -2.04. The van der Waals surface area contributed by atoms with Crippen LogP contribution in [-0.4, -0.2) is 11.8 Å². The fraction of sp³-hybridized carbons (Fsp3) is 0. The molecule has 0 aliphatic heterocycles. The second-order valence-corrected chi connectivity index (χ2v) is 2.44. The van der Waals surface area contributed by atoms with Crippen molar-refractivity contribution >= 4 is 11.8 Å². The van der Waals surface area contributed by atoms with Crippen LogP contribution in [-0.2, 0) is 5.11 Å². The van der Waals surface area contributed by atoms with Gasteiger partial charge in [-0.3, -0.25) is 14.7 Å². The van der Waals surface area contributed by atoms with E-state index in [2.05, 4.69) is 0 Å². The predicted molar refractivity (Wildman–Crippen MR) is 43.6 cm³/mol. The summed E-state index contributed by atoms with van der Waals surface area (Å²) in [6.45, 7) is 0. The van der Waals surface area contributed by atoms with Gasteiger partial charge in [0.05, 0.1) is 5.56 Å². The Labute approximate surface area is 74.0 Å². The third kappa shape index (κ3) is 1.76. The molecule has 5 nitrogen and oxygen atoms in total. The minimum atomic E-state index is -0.818. The van der Waals surface area contributed by atoms with E-state index in [1.54, 1.807) is 0 Å². The van der Waals surface area contributed by atoms with Crippen LogP contribution in [0.2, 0.25) is 0 Å². The number of primary amides is 2. The van der Waals surface area contributed by atoms with E-state index in [1.807, 2.05) is 0 Å². The molecule has 1 aromatic carbocycles. The maximum atomic E-state index is 11.1. The quantitative estimate of drug-likeness (QED) is 0.668. The lowest BCUT2D eigenvalue weighted by atomic mass is 10.1. The second kappa shape index (κ2) is 3.14. The van der Waals surface area contributed by atoms with Crippen LogP contribution in [0.25, 0.3) is 0 Å². The molecule has 0 saturated heterocycles. The summed E-state index contributed by atoms with van der Waals surface area (Å²) < 4.78 is 0. The topological polar surface area (TPSA) is 106 Å². The summed E-state index contributed by atoms with van der Waals surface area (Å²) >= 11 is 0. The SMILES string of the molecule is NC(=O)c1ccc(C(N)=O)c([O])c1. The van der Waals surface area contributed by atoms with E-state index in [9.17, 15) is 14.7 Å². The molecule has 67 valence electrons. The minimum Gasteiger partial charge on any atom is -0.366 e. The molecule has 0 saturated carbocycles. The molecule has 0 unspecified atom stereocenters. The number of rotatable bonds is 2. The van der Waals surface area contributed by atoms with Gasteiger partial charge in [0.2, 0.25) is 5.91 Å². The lowest BCUT2D eigenvalue weighted by molar-refractivity contribution is 0.0984. The first kappa shape index (κ1) is 9.05. The Bertz CT molecular complexity index is 374. The van der Waals surface area contributed by atoms with Gasteiger partial charge in [-0.15, -0.1) is 0 Å². The van der Waals surface area contributed by atoms with E-state index < -0.39 is 17.6 Å².